The summed E-state index contributed by atoms with van der Waals surface area (Å²) in [7, 11) is 0. The standard InChI is InChI=1S/C27H25ClF4N4O2S/c1-4-21(37)36-14(2)10-34(11-15(36)3)25-19-9-20(27(30,31)32)22(28)24-23(19)35(26(38)33-25)12-17(13-39-24)16-5-7-18(29)8-6-16/h4-9,14-15,17H,1,10-13H2,2-3H3/t14-,15+,17-/m0/s1. The first kappa shape index (κ1) is 27.5. The van der Waals surface area contributed by atoms with E-state index in [-0.39, 0.29) is 59.6 Å². The first-order valence-corrected chi connectivity index (χ1v) is 13.7. The van der Waals surface area contributed by atoms with E-state index in [0.717, 1.165) is 23.4 Å². The zero-order valence-corrected chi connectivity index (χ0v) is 22.7. The van der Waals surface area contributed by atoms with Crippen LogP contribution in [0.5, 0.6) is 0 Å². The van der Waals surface area contributed by atoms with E-state index in [1.165, 1.54) is 22.8 Å². The molecule has 0 unspecified atom stereocenters. The Labute approximate surface area is 231 Å². The molecule has 1 saturated heterocycles. The number of aromatic nitrogens is 2. The van der Waals surface area contributed by atoms with Crippen LogP contribution in [0.2, 0.25) is 5.02 Å². The topological polar surface area (TPSA) is 58.4 Å². The molecule has 3 atom stereocenters. The maximum Gasteiger partial charge on any atom is 0.417 e. The molecule has 6 nitrogen and oxygen atoms in total. The van der Waals surface area contributed by atoms with Gasteiger partial charge in [-0.05, 0) is 43.7 Å². The number of amides is 1. The maximum absolute atomic E-state index is 14.2. The van der Waals surface area contributed by atoms with Crippen LogP contribution in [-0.2, 0) is 17.5 Å². The smallest absolute Gasteiger partial charge is 0.352 e. The Morgan fingerprint density at radius 3 is 2.38 bits per heavy atom. The number of hydrogen-bond acceptors (Lipinski definition) is 5. The lowest BCUT2D eigenvalue weighted by atomic mass is 10.0. The molecule has 206 valence electrons. The fourth-order valence-corrected chi connectivity index (χ4v) is 7.22. The molecular formula is C27H25ClF4N4O2S. The van der Waals surface area contributed by atoms with Gasteiger partial charge < -0.3 is 9.80 Å². The molecule has 12 heteroatoms. The van der Waals surface area contributed by atoms with Crippen molar-refractivity contribution in [2.75, 3.05) is 23.7 Å². The molecule has 0 radical (unpaired) electrons. The van der Waals surface area contributed by atoms with E-state index in [4.69, 9.17) is 11.6 Å². The zero-order chi connectivity index (χ0) is 28.2. The highest BCUT2D eigenvalue weighted by Crippen LogP contribution is 2.47. The van der Waals surface area contributed by atoms with Gasteiger partial charge in [0.1, 0.15) is 11.6 Å². The third kappa shape index (κ3) is 4.91. The Bertz CT molecular complexity index is 1510. The second-order valence-corrected chi connectivity index (χ2v) is 11.3. The predicted molar refractivity (Wildman–Crippen MR) is 144 cm³/mol. The lowest BCUT2D eigenvalue weighted by Crippen LogP contribution is -2.58. The zero-order valence-electron chi connectivity index (χ0n) is 21.1. The molecule has 0 bridgehead atoms. The largest absolute Gasteiger partial charge is 0.417 e. The fourth-order valence-electron chi connectivity index (χ4n) is 5.55. The van der Waals surface area contributed by atoms with Gasteiger partial charge in [-0.15, -0.1) is 11.8 Å². The quantitative estimate of drug-likeness (QED) is 0.293. The molecule has 1 amide bonds. The van der Waals surface area contributed by atoms with Crippen molar-refractivity contribution in [3.05, 3.63) is 75.4 Å². The van der Waals surface area contributed by atoms with Crippen LogP contribution >= 0.6 is 23.4 Å². The summed E-state index contributed by atoms with van der Waals surface area (Å²) >= 11 is 7.52. The van der Waals surface area contributed by atoms with Crippen LogP contribution in [0.25, 0.3) is 10.9 Å². The second-order valence-electron chi connectivity index (χ2n) is 9.90. The van der Waals surface area contributed by atoms with Crippen molar-refractivity contribution in [2.24, 2.45) is 0 Å². The van der Waals surface area contributed by atoms with Crippen LogP contribution in [0, 0.1) is 5.82 Å². The molecule has 2 aliphatic rings. The minimum atomic E-state index is -4.74. The second kappa shape index (κ2) is 10.2. The Kier molecular flexibility index (Phi) is 7.17. The first-order valence-electron chi connectivity index (χ1n) is 12.3. The molecule has 1 fully saturated rings. The summed E-state index contributed by atoms with van der Waals surface area (Å²) in [6, 6.07) is 6.19. The van der Waals surface area contributed by atoms with Gasteiger partial charge in [-0.25, -0.2) is 9.18 Å². The van der Waals surface area contributed by atoms with Gasteiger partial charge >= 0.3 is 11.9 Å². The van der Waals surface area contributed by atoms with Crippen molar-refractivity contribution in [1.29, 1.82) is 0 Å². The summed E-state index contributed by atoms with van der Waals surface area (Å²) in [4.78, 5) is 33.7. The van der Waals surface area contributed by atoms with Crippen LogP contribution < -0.4 is 10.6 Å². The van der Waals surface area contributed by atoms with Gasteiger partial charge in [0.05, 0.1) is 21.0 Å². The molecule has 2 aromatic carbocycles. The summed E-state index contributed by atoms with van der Waals surface area (Å²) in [5, 5.41) is -0.301. The van der Waals surface area contributed by atoms with Crippen LogP contribution in [0.3, 0.4) is 0 Å². The average Bonchev–Trinajstić information content (AvgIpc) is 3.08. The van der Waals surface area contributed by atoms with E-state index < -0.39 is 28.3 Å². The van der Waals surface area contributed by atoms with Crippen molar-refractivity contribution in [2.45, 2.75) is 49.5 Å². The number of nitrogens with zero attached hydrogens (tertiary/aromatic N) is 4. The molecule has 39 heavy (non-hydrogen) atoms. The number of halogens is 5. The highest BCUT2D eigenvalue weighted by atomic mass is 35.5. The number of hydrogen-bond donors (Lipinski definition) is 0. The first-order chi connectivity index (χ1) is 18.4. The number of benzene rings is 2. The average molecular weight is 581 g/mol. The summed E-state index contributed by atoms with van der Waals surface area (Å²) in [5.74, 6) is -0.500. The Morgan fingerprint density at radius 2 is 1.79 bits per heavy atom. The Balaban J connectivity index is 1.69. The molecule has 3 heterocycles. The normalized spacial score (nSPS) is 21.7. The molecule has 1 aromatic heterocycles. The molecule has 2 aliphatic heterocycles. The third-order valence-electron chi connectivity index (χ3n) is 7.26. The maximum atomic E-state index is 14.2. The number of anilines is 1. The van der Waals surface area contributed by atoms with Crippen molar-refractivity contribution in [3.8, 4) is 0 Å². The van der Waals surface area contributed by atoms with E-state index in [1.807, 2.05) is 13.8 Å². The highest BCUT2D eigenvalue weighted by Gasteiger charge is 2.39. The van der Waals surface area contributed by atoms with Crippen LogP contribution in [-0.4, -0.2) is 51.3 Å². The number of rotatable bonds is 3. The number of piperazine rings is 1. The molecule has 0 N–H and O–H groups in total. The number of thioether (sulfide) groups is 1. The van der Waals surface area contributed by atoms with Crippen molar-refractivity contribution < 1.29 is 22.4 Å². The van der Waals surface area contributed by atoms with Gasteiger partial charge in [0.25, 0.3) is 0 Å². The van der Waals surface area contributed by atoms with E-state index in [1.54, 1.807) is 21.9 Å². The molecule has 0 spiro atoms. The summed E-state index contributed by atoms with van der Waals surface area (Å²) in [6.07, 6.45) is -3.51. The van der Waals surface area contributed by atoms with Crippen molar-refractivity contribution in [3.63, 3.8) is 0 Å². The highest BCUT2D eigenvalue weighted by molar-refractivity contribution is 7.99. The summed E-state index contributed by atoms with van der Waals surface area (Å²) in [5.41, 5.74) is -0.579. The number of alkyl halides is 3. The third-order valence-corrected chi connectivity index (χ3v) is 9.02. The molecule has 5 rings (SSSR count). The fraction of sp³-hybridized carbons (Fsp3) is 0.370. The van der Waals surface area contributed by atoms with Gasteiger partial charge in [-0.2, -0.15) is 18.2 Å². The van der Waals surface area contributed by atoms with Crippen LogP contribution in [0.1, 0.15) is 30.9 Å². The predicted octanol–water partition coefficient (Wildman–Crippen LogP) is 5.71. The van der Waals surface area contributed by atoms with Gasteiger partial charge in [0, 0.05) is 48.8 Å². The molecule has 0 saturated carbocycles. The lowest BCUT2D eigenvalue weighted by molar-refractivity contribution is -0.137. The van der Waals surface area contributed by atoms with Crippen molar-refractivity contribution >= 4 is 46.0 Å². The van der Waals surface area contributed by atoms with Crippen molar-refractivity contribution in [1.82, 2.24) is 14.5 Å². The van der Waals surface area contributed by atoms with E-state index in [9.17, 15) is 27.2 Å². The van der Waals surface area contributed by atoms with Gasteiger partial charge in [-0.3, -0.25) is 9.36 Å². The molecular weight excluding hydrogens is 556 g/mol. The minimum Gasteiger partial charge on any atom is -0.352 e. The summed E-state index contributed by atoms with van der Waals surface area (Å²) < 4.78 is 57.4. The van der Waals surface area contributed by atoms with E-state index >= 15 is 0 Å². The van der Waals surface area contributed by atoms with Crippen LogP contribution in [0.4, 0.5) is 23.4 Å². The van der Waals surface area contributed by atoms with E-state index in [2.05, 4.69) is 11.6 Å². The molecule has 0 aliphatic carbocycles. The van der Waals surface area contributed by atoms with Gasteiger partial charge in [0.2, 0.25) is 5.91 Å². The number of carbonyl (C=O) groups excluding carboxylic acids is 1. The number of carbonyl (C=O) groups is 1. The van der Waals surface area contributed by atoms with Gasteiger partial charge in [-0.1, -0.05) is 30.3 Å². The minimum absolute atomic E-state index is 0.125. The Morgan fingerprint density at radius 1 is 1.15 bits per heavy atom. The lowest BCUT2D eigenvalue weighted by Gasteiger charge is -2.44. The van der Waals surface area contributed by atoms with Crippen LogP contribution in [0.15, 0.2) is 52.7 Å². The summed E-state index contributed by atoms with van der Waals surface area (Å²) in [6.45, 7) is 7.88. The SMILES string of the molecule is C=CC(=O)N1[C@H](C)CN(c2nc(=O)n3c4c(c(Cl)c(C(F)(F)F)cc24)SC[C@@H](c2ccc(F)cc2)C3)C[C@@H]1C. The van der Waals surface area contributed by atoms with Gasteiger partial charge in [0.15, 0.2) is 0 Å². The Hall–Kier alpha value is -3.05. The monoisotopic (exact) mass is 580 g/mol. The van der Waals surface area contributed by atoms with E-state index in [0.29, 0.717) is 11.3 Å². The molecule has 3 aromatic rings.